The number of carbonyl (C=O) groups is 2. The number of aryl methyl sites for hydroxylation is 2. The van der Waals surface area contributed by atoms with Gasteiger partial charge < -0.3 is 14.1 Å². The Kier molecular flexibility index (Phi) is 5.97. The molecule has 1 saturated carbocycles. The van der Waals surface area contributed by atoms with Crippen molar-refractivity contribution in [1.82, 2.24) is 4.90 Å². The number of carbonyl (C=O) groups excluding carboxylic acids is 2. The molecule has 1 amide bonds. The maximum atomic E-state index is 12.8. The van der Waals surface area contributed by atoms with Crippen LogP contribution < -0.4 is 0 Å². The number of rotatable bonds is 5. The largest absolute Gasteiger partial charge is 0.464 e. The highest BCUT2D eigenvalue weighted by Crippen LogP contribution is 2.33. The minimum atomic E-state index is -0.943. The molecule has 0 saturated heterocycles. The Morgan fingerprint density at radius 3 is 2.55 bits per heavy atom. The van der Waals surface area contributed by atoms with E-state index in [-0.39, 0.29) is 12.3 Å². The van der Waals surface area contributed by atoms with E-state index >= 15 is 0 Å². The van der Waals surface area contributed by atoms with Crippen LogP contribution in [0.2, 0.25) is 0 Å². The van der Waals surface area contributed by atoms with Gasteiger partial charge in [0.15, 0.2) is 6.10 Å². The average Bonchev–Trinajstić information content (AvgIpc) is 3.08. The second-order valence-corrected chi connectivity index (χ2v) is 8.10. The lowest BCUT2D eigenvalue weighted by Gasteiger charge is -2.39. The number of benzene rings is 1. The van der Waals surface area contributed by atoms with Gasteiger partial charge in [-0.1, -0.05) is 19.3 Å². The van der Waals surface area contributed by atoms with E-state index in [1.807, 2.05) is 26.0 Å². The van der Waals surface area contributed by atoms with Gasteiger partial charge in [0.25, 0.3) is 5.91 Å². The minimum Gasteiger partial charge on any atom is -0.464 e. The lowest BCUT2D eigenvalue weighted by molar-refractivity contribution is -0.160. The second-order valence-electron chi connectivity index (χ2n) is 8.10. The smallest absolute Gasteiger partial charge is 0.311 e. The summed E-state index contributed by atoms with van der Waals surface area (Å²) in [6, 6.07) is 6.27. The molecule has 6 nitrogen and oxygen atoms in total. The zero-order valence-electron chi connectivity index (χ0n) is 17.6. The summed E-state index contributed by atoms with van der Waals surface area (Å²) < 4.78 is 11.0. The van der Waals surface area contributed by atoms with Gasteiger partial charge in [-0.2, -0.15) is 5.26 Å². The van der Waals surface area contributed by atoms with Gasteiger partial charge in [-0.15, -0.1) is 0 Å². The number of hydrogen-bond donors (Lipinski definition) is 0. The highest BCUT2D eigenvalue weighted by atomic mass is 16.5. The Balaban J connectivity index is 1.67. The first-order valence-electron chi connectivity index (χ1n) is 10.1. The third kappa shape index (κ3) is 4.14. The molecule has 1 fully saturated rings. The van der Waals surface area contributed by atoms with Gasteiger partial charge in [0, 0.05) is 18.0 Å². The number of ether oxygens (including phenoxy) is 1. The summed E-state index contributed by atoms with van der Waals surface area (Å²) in [5, 5.41) is 10.6. The summed E-state index contributed by atoms with van der Waals surface area (Å²) in [6.45, 7) is 5.58. The third-order valence-electron chi connectivity index (χ3n) is 6.12. The minimum absolute atomic E-state index is 0.0280. The van der Waals surface area contributed by atoms with Gasteiger partial charge in [0.2, 0.25) is 0 Å². The van der Waals surface area contributed by atoms with Crippen molar-refractivity contribution in [2.75, 3.05) is 7.05 Å². The van der Waals surface area contributed by atoms with E-state index in [1.165, 1.54) is 4.90 Å². The van der Waals surface area contributed by atoms with Crippen molar-refractivity contribution < 1.29 is 18.7 Å². The zero-order valence-corrected chi connectivity index (χ0v) is 17.6. The highest BCUT2D eigenvalue weighted by Gasteiger charge is 2.40. The summed E-state index contributed by atoms with van der Waals surface area (Å²) in [5.41, 5.74) is 2.91. The fraction of sp³-hybridized carbons (Fsp3) is 0.522. The van der Waals surface area contributed by atoms with E-state index < -0.39 is 17.6 Å². The molecule has 1 aliphatic rings. The van der Waals surface area contributed by atoms with Crippen molar-refractivity contribution in [2.45, 2.75) is 70.9 Å². The third-order valence-corrected chi connectivity index (χ3v) is 6.12. The topological polar surface area (TPSA) is 83.5 Å². The summed E-state index contributed by atoms with van der Waals surface area (Å²) >= 11 is 0. The monoisotopic (exact) mass is 396 g/mol. The Bertz CT molecular complexity index is 963. The molecular formula is C23H28N2O4. The fourth-order valence-corrected chi connectivity index (χ4v) is 4.06. The molecule has 0 spiro atoms. The van der Waals surface area contributed by atoms with Crippen molar-refractivity contribution in [1.29, 1.82) is 5.26 Å². The molecule has 154 valence electrons. The van der Waals surface area contributed by atoms with Gasteiger partial charge in [-0.05, 0) is 56.9 Å². The van der Waals surface area contributed by atoms with E-state index in [1.54, 1.807) is 20.2 Å². The molecule has 3 rings (SSSR count). The Labute approximate surface area is 171 Å². The van der Waals surface area contributed by atoms with Crippen LogP contribution in [0.1, 0.15) is 55.7 Å². The molecule has 0 aliphatic heterocycles. The molecule has 0 N–H and O–H groups in total. The normalized spacial score (nSPS) is 16.8. The number of likely N-dealkylation sites (N-methyl/N-ethyl adjacent to an activating group) is 1. The van der Waals surface area contributed by atoms with E-state index in [0.717, 1.165) is 46.9 Å². The Morgan fingerprint density at radius 2 is 1.90 bits per heavy atom. The van der Waals surface area contributed by atoms with Gasteiger partial charge in [0.05, 0.1) is 18.8 Å². The van der Waals surface area contributed by atoms with E-state index in [4.69, 9.17) is 9.15 Å². The molecule has 1 atom stereocenters. The first-order chi connectivity index (χ1) is 13.8. The molecule has 1 heterocycles. The van der Waals surface area contributed by atoms with Crippen LogP contribution in [-0.2, 0) is 20.7 Å². The predicted molar refractivity (Wildman–Crippen MR) is 109 cm³/mol. The van der Waals surface area contributed by atoms with Crippen LogP contribution in [0, 0.1) is 25.2 Å². The van der Waals surface area contributed by atoms with Crippen LogP contribution in [0.5, 0.6) is 0 Å². The number of esters is 1. The molecular weight excluding hydrogens is 368 g/mol. The van der Waals surface area contributed by atoms with Crippen molar-refractivity contribution >= 4 is 22.8 Å². The molecule has 1 aliphatic carbocycles. The summed E-state index contributed by atoms with van der Waals surface area (Å²) in [5.74, 6) is -0.833. The van der Waals surface area contributed by atoms with Crippen molar-refractivity contribution in [3.8, 4) is 6.07 Å². The van der Waals surface area contributed by atoms with E-state index in [0.29, 0.717) is 12.8 Å². The van der Waals surface area contributed by atoms with Crippen molar-refractivity contribution in [2.24, 2.45) is 0 Å². The lowest BCUT2D eigenvalue weighted by atomic mass is 9.81. The number of hydrogen-bond acceptors (Lipinski definition) is 5. The van der Waals surface area contributed by atoms with Gasteiger partial charge in [-0.3, -0.25) is 9.59 Å². The molecule has 2 aromatic rings. The zero-order chi connectivity index (χ0) is 21.2. The number of fused-ring (bicyclic) bond motifs is 1. The first kappa shape index (κ1) is 20.9. The Morgan fingerprint density at radius 1 is 1.24 bits per heavy atom. The fourth-order valence-electron chi connectivity index (χ4n) is 4.06. The van der Waals surface area contributed by atoms with Crippen LogP contribution in [0.4, 0.5) is 0 Å². The maximum absolute atomic E-state index is 12.8. The maximum Gasteiger partial charge on any atom is 0.311 e. The number of furan rings is 1. The summed E-state index contributed by atoms with van der Waals surface area (Å²) in [7, 11) is 1.63. The van der Waals surface area contributed by atoms with Gasteiger partial charge in [-0.25, -0.2) is 0 Å². The molecule has 1 aromatic carbocycles. The van der Waals surface area contributed by atoms with E-state index in [9.17, 15) is 14.9 Å². The van der Waals surface area contributed by atoms with Crippen LogP contribution in [0.3, 0.4) is 0 Å². The van der Waals surface area contributed by atoms with E-state index in [2.05, 4.69) is 6.07 Å². The molecule has 29 heavy (non-hydrogen) atoms. The molecule has 1 aromatic heterocycles. The second kappa shape index (κ2) is 8.28. The number of nitrogens with zero attached hydrogens (tertiary/aromatic N) is 2. The van der Waals surface area contributed by atoms with Crippen LogP contribution >= 0.6 is 0 Å². The molecule has 6 heteroatoms. The predicted octanol–water partition coefficient (Wildman–Crippen LogP) is 4.21. The average molecular weight is 396 g/mol. The first-order valence-corrected chi connectivity index (χ1v) is 10.1. The Hall–Kier alpha value is -2.81. The summed E-state index contributed by atoms with van der Waals surface area (Å²) in [4.78, 5) is 26.8. The van der Waals surface area contributed by atoms with Crippen molar-refractivity contribution in [3.05, 3.63) is 35.1 Å². The SMILES string of the molecule is Cc1cc2occ(CC(=O)O[C@@H](C)C(=O)N(C)C3(C#N)CCCCC3)c2cc1C. The highest BCUT2D eigenvalue weighted by molar-refractivity contribution is 5.88. The standard InChI is InChI=1S/C23H28N2O4/c1-15-10-19-18(13-28-20(19)11-16(15)2)12-21(26)29-17(3)22(27)25(4)23(14-24)8-6-5-7-9-23/h10-11,13,17H,5-9,12H2,1-4H3/t17-/m0/s1. The number of nitriles is 1. The van der Waals surface area contributed by atoms with Gasteiger partial charge in [0.1, 0.15) is 11.1 Å². The van der Waals surface area contributed by atoms with Crippen molar-refractivity contribution in [3.63, 3.8) is 0 Å². The number of amides is 1. The lowest BCUT2D eigenvalue weighted by Crippen LogP contribution is -2.53. The molecule has 0 radical (unpaired) electrons. The van der Waals surface area contributed by atoms with Crippen LogP contribution in [0.25, 0.3) is 11.0 Å². The summed E-state index contributed by atoms with van der Waals surface area (Å²) in [6.07, 6.45) is 4.89. The quantitative estimate of drug-likeness (QED) is 0.707. The van der Waals surface area contributed by atoms with Crippen LogP contribution in [0.15, 0.2) is 22.8 Å². The van der Waals surface area contributed by atoms with Gasteiger partial charge >= 0.3 is 5.97 Å². The molecule has 0 bridgehead atoms. The van der Waals surface area contributed by atoms with Crippen LogP contribution in [-0.4, -0.2) is 35.5 Å². The molecule has 0 unspecified atom stereocenters.